The molecule has 1 amide bonds. The summed E-state index contributed by atoms with van der Waals surface area (Å²) in [5.41, 5.74) is 0.858. The van der Waals surface area contributed by atoms with Crippen molar-refractivity contribution in [2.45, 2.75) is 126 Å². The minimum absolute atomic E-state index is 0.00355. The molecule has 0 N–H and O–H groups in total. The van der Waals surface area contributed by atoms with Crippen LogP contribution in [0.25, 0.3) is 0 Å². The molecule has 2 spiro atoms. The van der Waals surface area contributed by atoms with Gasteiger partial charge in [0.15, 0.2) is 17.9 Å². The number of carbonyl (C=O) groups excluding carboxylic acids is 1. The van der Waals surface area contributed by atoms with Crippen LogP contribution in [0.15, 0.2) is 30.3 Å². The summed E-state index contributed by atoms with van der Waals surface area (Å²) < 4.78 is 38.6. The van der Waals surface area contributed by atoms with Crippen LogP contribution in [0.5, 0.6) is 0 Å². The molecule has 204 valence electrons. The molecule has 5 atom stereocenters. The van der Waals surface area contributed by atoms with Crippen molar-refractivity contribution >= 4 is 11.6 Å². The van der Waals surface area contributed by atoms with Gasteiger partial charge in [-0.1, -0.05) is 31.0 Å². The molecule has 0 radical (unpaired) electrons. The van der Waals surface area contributed by atoms with E-state index in [2.05, 4.69) is 0 Å². The number of carbonyl (C=O) groups is 1. The Hall–Kier alpha value is -1.55. The zero-order valence-electron chi connectivity index (χ0n) is 22.1. The Bertz CT molecular complexity index is 927. The molecule has 2 saturated carbocycles. The summed E-state index contributed by atoms with van der Waals surface area (Å²) in [7, 11) is 0. The second-order valence-electron chi connectivity index (χ2n) is 11.5. The molecule has 1 aromatic rings. The molecule has 37 heavy (non-hydrogen) atoms. The first-order chi connectivity index (χ1) is 18.0. The standard InChI is InChI=1S/C29H41NO7/c1-20(2)30(21-12-6-3-7-13-21)23(31)19-32-25-24(22-18-33-28(35-22)14-8-4-9-15-28)34-27-26(25)36-29(37-27)16-10-5-11-17-29/h3,6-7,12-13,20,22,24-27H,4-5,8-11,14-19H2,1-2H3/t22-,24+,25-,26+,27+/m0/s1. The predicted octanol–water partition coefficient (Wildman–Crippen LogP) is 4.69. The van der Waals surface area contributed by atoms with Crippen LogP contribution in [0.3, 0.4) is 0 Å². The second-order valence-corrected chi connectivity index (χ2v) is 11.5. The fourth-order valence-electron chi connectivity index (χ4n) is 6.82. The van der Waals surface area contributed by atoms with Gasteiger partial charge < -0.3 is 33.3 Å². The molecule has 1 aromatic carbocycles. The van der Waals surface area contributed by atoms with Crippen LogP contribution >= 0.6 is 0 Å². The maximum atomic E-state index is 13.4. The third kappa shape index (κ3) is 5.09. The number of nitrogens with zero attached hydrogens (tertiary/aromatic N) is 1. The number of benzene rings is 1. The third-order valence-corrected chi connectivity index (χ3v) is 8.58. The number of ether oxygens (including phenoxy) is 6. The van der Waals surface area contributed by atoms with E-state index in [1.807, 2.05) is 44.2 Å². The minimum Gasteiger partial charge on any atom is -0.363 e. The van der Waals surface area contributed by atoms with Crippen molar-refractivity contribution in [3.05, 3.63) is 30.3 Å². The second kappa shape index (κ2) is 10.5. The summed E-state index contributed by atoms with van der Waals surface area (Å²) in [4.78, 5) is 15.2. The monoisotopic (exact) mass is 515 g/mol. The number of anilines is 1. The van der Waals surface area contributed by atoms with Crippen LogP contribution in [0, 0.1) is 0 Å². The molecule has 0 aromatic heterocycles. The van der Waals surface area contributed by atoms with Gasteiger partial charge in [-0.25, -0.2) is 0 Å². The smallest absolute Gasteiger partial charge is 0.253 e. The fraction of sp³-hybridized carbons (Fsp3) is 0.759. The average Bonchev–Trinajstić information content (AvgIpc) is 3.55. The van der Waals surface area contributed by atoms with E-state index >= 15 is 0 Å². The minimum atomic E-state index is -0.601. The van der Waals surface area contributed by atoms with E-state index in [9.17, 15) is 4.79 Å². The summed E-state index contributed by atoms with van der Waals surface area (Å²) >= 11 is 0. The fourth-order valence-corrected chi connectivity index (χ4v) is 6.82. The molecule has 3 saturated heterocycles. The van der Waals surface area contributed by atoms with Gasteiger partial charge in [0.25, 0.3) is 5.91 Å². The zero-order chi connectivity index (χ0) is 25.5. The van der Waals surface area contributed by atoms with Gasteiger partial charge in [-0.15, -0.1) is 0 Å². The summed E-state index contributed by atoms with van der Waals surface area (Å²) in [6, 6.07) is 9.72. The van der Waals surface area contributed by atoms with Crippen molar-refractivity contribution in [1.29, 1.82) is 0 Å². The first-order valence-corrected chi connectivity index (χ1v) is 14.3. The van der Waals surface area contributed by atoms with Crippen LogP contribution in [-0.2, 0) is 33.2 Å². The highest BCUT2D eigenvalue weighted by atomic mass is 16.9. The van der Waals surface area contributed by atoms with Crippen LogP contribution in [0.4, 0.5) is 5.69 Å². The summed E-state index contributed by atoms with van der Waals surface area (Å²) in [6.07, 6.45) is 8.22. The number of hydrogen-bond acceptors (Lipinski definition) is 7. The van der Waals surface area contributed by atoms with Crippen molar-refractivity contribution in [2.75, 3.05) is 18.1 Å². The Morgan fingerprint density at radius 2 is 1.59 bits per heavy atom. The number of para-hydroxylation sites is 1. The summed E-state index contributed by atoms with van der Waals surface area (Å²) in [5.74, 6) is -1.21. The zero-order valence-corrected chi connectivity index (χ0v) is 22.1. The van der Waals surface area contributed by atoms with Gasteiger partial charge >= 0.3 is 0 Å². The highest BCUT2D eigenvalue weighted by Gasteiger charge is 2.61. The number of hydrogen-bond donors (Lipinski definition) is 0. The van der Waals surface area contributed by atoms with Gasteiger partial charge in [-0.2, -0.15) is 0 Å². The SMILES string of the molecule is CC(C)N(C(=O)CO[C@@H]1[C@H]2OC3(CCCCC3)O[C@H]2O[C@@H]1[C@@H]1COC2(CCCCC2)O1)c1ccccc1. The van der Waals surface area contributed by atoms with Crippen molar-refractivity contribution in [2.24, 2.45) is 0 Å². The van der Waals surface area contributed by atoms with Gasteiger partial charge in [0.05, 0.1) is 6.61 Å². The van der Waals surface area contributed by atoms with Gasteiger partial charge in [0, 0.05) is 37.4 Å². The molecule has 3 aliphatic heterocycles. The normalized spacial score (nSPS) is 34.3. The summed E-state index contributed by atoms with van der Waals surface area (Å²) in [6.45, 7) is 4.40. The van der Waals surface area contributed by atoms with E-state index < -0.39 is 36.2 Å². The molecule has 0 bridgehead atoms. The van der Waals surface area contributed by atoms with Crippen LogP contribution in [0.2, 0.25) is 0 Å². The highest BCUT2D eigenvalue weighted by Crippen LogP contribution is 2.48. The lowest BCUT2D eigenvalue weighted by Crippen LogP contribution is -2.47. The quantitative estimate of drug-likeness (QED) is 0.544. The Kier molecular flexibility index (Phi) is 7.33. The molecular formula is C29H41NO7. The Morgan fingerprint density at radius 3 is 2.27 bits per heavy atom. The first-order valence-electron chi connectivity index (χ1n) is 14.3. The third-order valence-electron chi connectivity index (χ3n) is 8.58. The van der Waals surface area contributed by atoms with E-state index in [1.54, 1.807) is 4.90 Å². The number of fused-ring (bicyclic) bond motifs is 1. The average molecular weight is 516 g/mol. The first kappa shape index (κ1) is 25.7. The molecule has 5 fully saturated rings. The van der Waals surface area contributed by atoms with Crippen molar-refractivity contribution in [1.82, 2.24) is 0 Å². The lowest BCUT2D eigenvalue weighted by Gasteiger charge is -2.36. The van der Waals surface area contributed by atoms with Gasteiger partial charge in [0.2, 0.25) is 0 Å². The maximum absolute atomic E-state index is 13.4. The van der Waals surface area contributed by atoms with Crippen LogP contribution in [0.1, 0.15) is 78.1 Å². The van der Waals surface area contributed by atoms with Gasteiger partial charge in [-0.3, -0.25) is 4.79 Å². The van der Waals surface area contributed by atoms with E-state index in [0.29, 0.717) is 6.61 Å². The molecule has 5 aliphatic rings. The molecule has 3 heterocycles. The van der Waals surface area contributed by atoms with Gasteiger partial charge in [0.1, 0.15) is 31.0 Å². The number of amides is 1. The van der Waals surface area contributed by atoms with Crippen LogP contribution < -0.4 is 4.90 Å². The molecule has 6 rings (SSSR count). The maximum Gasteiger partial charge on any atom is 0.253 e. The van der Waals surface area contributed by atoms with E-state index in [1.165, 1.54) is 12.8 Å². The molecule has 8 heteroatoms. The van der Waals surface area contributed by atoms with E-state index in [4.69, 9.17) is 28.4 Å². The van der Waals surface area contributed by atoms with Crippen molar-refractivity contribution < 1.29 is 33.2 Å². The van der Waals surface area contributed by atoms with Gasteiger partial charge in [-0.05, 0) is 51.7 Å². The van der Waals surface area contributed by atoms with E-state index in [-0.39, 0.29) is 24.7 Å². The lowest BCUT2D eigenvalue weighted by molar-refractivity contribution is -0.262. The topological polar surface area (TPSA) is 75.7 Å². The van der Waals surface area contributed by atoms with Crippen LogP contribution in [-0.4, -0.2) is 67.4 Å². The lowest BCUT2D eigenvalue weighted by atomic mass is 9.94. The Labute approximate surface area is 219 Å². The van der Waals surface area contributed by atoms with Crippen molar-refractivity contribution in [3.8, 4) is 0 Å². The van der Waals surface area contributed by atoms with E-state index in [0.717, 1.165) is 57.1 Å². The largest absolute Gasteiger partial charge is 0.363 e. The highest BCUT2D eigenvalue weighted by molar-refractivity contribution is 5.94. The molecule has 2 aliphatic carbocycles. The number of rotatable bonds is 6. The Morgan fingerprint density at radius 1 is 0.919 bits per heavy atom. The Balaban J connectivity index is 1.19. The molecule has 8 nitrogen and oxygen atoms in total. The molecular weight excluding hydrogens is 474 g/mol. The van der Waals surface area contributed by atoms with Crippen molar-refractivity contribution in [3.63, 3.8) is 0 Å². The summed E-state index contributed by atoms with van der Waals surface area (Å²) in [5, 5.41) is 0. The predicted molar refractivity (Wildman–Crippen MR) is 136 cm³/mol. The molecule has 0 unspecified atom stereocenters.